The van der Waals surface area contributed by atoms with Crippen LogP contribution in [0.25, 0.3) is 0 Å². The number of benzene rings is 1. The Morgan fingerprint density at radius 3 is 2.12 bits per heavy atom. The van der Waals surface area contributed by atoms with E-state index < -0.39 is 36.8 Å². The van der Waals surface area contributed by atoms with Crippen LogP contribution in [-0.4, -0.2) is 13.6 Å². The maximum Gasteiger partial charge on any atom is 1.00 e. The predicted molar refractivity (Wildman–Crippen MR) is 37.6 cm³/mol. The maximum absolute atomic E-state index is 12.8. The van der Waals surface area contributed by atoms with E-state index in [0.29, 0.717) is 6.07 Å². The van der Waals surface area contributed by atoms with Gasteiger partial charge in [0, 0.05) is 6.51 Å². The largest absolute Gasteiger partial charge is 1.00 e. The Morgan fingerprint density at radius 1 is 1.06 bits per heavy atom. The van der Waals surface area contributed by atoms with E-state index in [-0.39, 0.29) is 103 Å². The average molecular weight is 282 g/mol. The first kappa shape index (κ1) is 20.4. The quantitative estimate of drug-likeness (QED) is 0.409. The monoisotopic (exact) mass is 282 g/mol. The molecule has 0 unspecified atom stereocenters. The fourth-order valence-electron chi connectivity index (χ4n) is 0.777. The molecule has 0 spiro atoms. The van der Waals surface area contributed by atoms with Crippen LogP contribution < -0.4 is 118 Å². The summed E-state index contributed by atoms with van der Waals surface area (Å²) < 4.78 is 42.0. The van der Waals surface area contributed by atoms with E-state index in [4.69, 9.17) is 0 Å². The Hall–Kier alpha value is 2.07. The molecule has 0 aromatic heterocycles. The van der Waals surface area contributed by atoms with Crippen LogP contribution in [0.15, 0.2) is 12.1 Å². The molecule has 1 aromatic carbocycles. The van der Waals surface area contributed by atoms with Crippen molar-refractivity contribution in [3.05, 3.63) is 29.6 Å². The molecule has 0 aliphatic carbocycles. The molecule has 0 aliphatic rings. The zero-order chi connectivity index (χ0) is 10.7. The summed E-state index contributed by atoms with van der Waals surface area (Å²) in [5.41, 5.74) is 0. The van der Waals surface area contributed by atoms with Gasteiger partial charge in [0.05, 0.1) is 0 Å². The van der Waals surface area contributed by atoms with E-state index in [2.05, 4.69) is 4.74 Å². The van der Waals surface area contributed by atoms with E-state index in [1.165, 1.54) is 0 Å². The summed E-state index contributed by atoms with van der Waals surface area (Å²) in [4.78, 5) is 0. The number of hydrogen-bond donors (Lipinski definition) is 0. The molecule has 1 rings (SSSR count). The van der Waals surface area contributed by atoms with Gasteiger partial charge in [-0.25, -0.2) is 8.78 Å². The van der Waals surface area contributed by atoms with Gasteiger partial charge < -0.3 is 14.8 Å². The van der Waals surface area contributed by atoms with Crippen LogP contribution in [-0.2, 0) is 0 Å². The second kappa shape index (κ2) is 9.93. The number of ether oxygens (including phenoxy) is 1. The van der Waals surface area contributed by atoms with Crippen LogP contribution >= 0.6 is 0 Å². The Bertz CT molecular complexity index is 341. The Balaban J connectivity index is 0. The summed E-state index contributed by atoms with van der Waals surface area (Å²) in [6.07, 6.45) is 0. The fraction of sp³-hybridized carbons (Fsp3) is 0.143. The van der Waals surface area contributed by atoms with Gasteiger partial charge in [-0.05, 0) is 12.1 Å². The molecule has 76 valence electrons. The third-order valence-electron chi connectivity index (χ3n) is 1.37. The normalized spacial score (nSPS) is 8.81. The fourth-order valence-corrected chi connectivity index (χ4v) is 0.777. The van der Waals surface area contributed by atoms with Gasteiger partial charge in [0.1, 0.15) is 0 Å². The van der Waals surface area contributed by atoms with Crippen molar-refractivity contribution >= 4 is 7.12 Å². The zero-order valence-electron chi connectivity index (χ0n) is 8.80. The minimum Gasteiger partial charge on any atom is -0.891 e. The first-order valence-electron chi connectivity index (χ1n) is 3.60. The molecule has 9 heteroatoms. The van der Waals surface area contributed by atoms with Gasteiger partial charge >= 0.3 is 103 Å². The average Bonchev–Trinajstić information content (AvgIpc) is 2.13. The first-order valence-corrected chi connectivity index (χ1v) is 3.60. The van der Waals surface area contributed by atoms with E-state index in [1.807, 2.05) is 0 Å². The molecule has 0 aliphatic heterocycles. The summed E-state index contributed by atoms with van der Waals surface area (Å²) in [5.74, 6) is -5.27. The van der Waals surface area contributed by atoms with Crippen LogP contribution in [0, 0.1) is 17.5 Å². The SMILES string of the molecule is [K+].[K+].[O-]B([O-])COc1ccc(F)c(F)c1F. The predicted octanol–water partition coefficient (Wildman–Crippen LogP) is -6.76. The van der Waals surface area contributed by atoms with Gasteiger partial charge in [-0.15, -0.1) is 0 Å². The second-order valence-electron chi connectivity index (χ2n) is 2.41. The third kappa shape index (κ3) is 6.30. The van der Waals surface area contributed by atoms with Crippen molar-refractivity contribution in [2.45, 2.75) is 0 Å². The van der Waals surface area contributed by atoms with E-state index in [9.17, 15) is 23.2 Å². The zero-order valence-corrected chi connectivity index (χ0v) is 15.0. The van der Waals surface area contributed by atoms with Crippen molar-refractivity contribution in [3.63, 3.8) is 0 Å². The molecular formula is C7H4BF3K2O3. The van der Waals surface area contributed by atoms with Crippen molar-refractivity contribution in [2.75, 3.05) is 6.51 Å². The van der Waals surface area contributed by atoms with Gasteiger partial charge in [0.25, 0.3) is 0 Å². The van der Waals surface area contributed by atoms with Crippen LogP contribution in [0.3, 0.4) is 0 Å². The Labute approximate surface area is 176 Å². The van der Waals surface area contributed by atoms with E-state index in [1.54, 1.807) is 0 Å². The van der Waals surface area contributed by atoms with Gasteiger partial charge in [-0.3, -0.25) is 0 Å². The van der Waals surface area contributed by atoms with Gasteiger partial charge in [0.15, 0.2) is 17.4 Å². The standard InChI is InChI=1S/C7H4BF3O3.2K/c9-4-1-2-5(7(11)6(4)10)14-3-8(12)13;;/h1-2H,3H2;;/q-2;2*+1. The summed E-state index contributed by atoms with van der Waals surface area (Å²) in [5, 5.41) is 20.0. The maximum atomic E-state index is 12.8. The minimum absolute atomic E-state index is 0. The first-order chi connectivity index (χ1) is 6.52. The van der Waals surface area contributed by atoms with Gasteiger partial charge in [0.2, 0.25) is 5.82 Å². The molecule has 0 saturated heterocycles. The van der Waals surface area contributed by atoms with Crippen LogP contribution in [0.2, 0.25) is 0 Å². The van der Waals surface area contributed by atoms with Crippen molar-refractivity contribution in [1.29, 1.82) is 0 Å². The van der Waals surface area contributed by atoms with Crippen LogP contribution in [0.1, 0.15) is 0 Å². The summed E-state index contributed by atoms with van der Waals surface area (Å²) in [6, 6.07) is 1.44. The molecule has 0 amide bonds. The van der Waals surface area contributed by atoms with Gasteiger partial charge in [-0.2, -0.15) is 4.39 Å². The van der Waals surface area contributed by atoms with Crippen molar-refractivity contribution in [2.24, 2.45) is 0 Å². The molecular weight excluding hydrogens is 278 g/mol. The molecule has 0 fully saturated rings. The minimum atomic E-state index is -2.30. The van der Waals surface area contributed by atoms with Crippen molar-refractivity contribution < 1.29 is 131 Å². The van der Waals surface area contributed by atoms with Crippen molar-refractivity contribution in [3.8, 4) is 5.75 Å². The molecule has 0 bridgehead atoms. The smallest absolute Gasteiger partial charge is 0.891 e. The number of hydrogen-bond acceptors (Lipinski definition) is 3. The molecule has 0 saturated carbocycles. The van der Waals surface area contributed by atoms with E-state index in [0.717, 1.165) is 6.07 Å². The molecule has 0 atom stereocenters. The Morgan fingerprint density at radius 2 is 1.62 bits per heavy atom. The van der Waals surface area contributed by atoms with Gasteiger partial charge in [-0.1, -0.05) is 7.12 Å². The second-order valence-corrected chi connectivity index (χ2v) is 2.41. The van der Waals surface area contributed by atoms with E-state index >= 15 is 0 Å². The van der Waals surface area contributed by atoms with Crippen molar-refractivity contribution in [1.82, 2.24) is 0 Å². The topological polar surface area (TPSA) is 55.3 Å². The molecule has 0 radical (unpaired) electrons. The Kier molecular flexibility index (Phi) is 12.6. The molecule has 0 heterocycles. The molecule has 0 N–H and O–H groups in total. The summed E-state index contributed by atoms with van der Waals surface area (Å²) in [6.45, 7) is -0.845. The third-order valence-corrected chi connectivity index (χ3v) is 1.37. The molecule has 1 aromatic rings. The molecule has 3 nitrogen and oxygen atoms in total. The van der Waals surface area contributed by atoms with Crippen LogP contribution in [0.4, 0.5) is 13.2 Å². The summed E-state index contributed by atoms with van der Waals surface area (Å²) >= 11 is 0. The number of halogens is 3. The van der Waals surface area contributed by atoms with Crippen LogP contribution in [0.5, 0.6) is 5.75 Å². The number of rotatable bonds is 3. The molecule has 16 heavy (non-hydrogen) atoms. The summed E-state index contributed by atoms with van der Waals surface area (Å²) in [7, 11) is -2.30.